The van der Waals surface area contributed by atoms with Gasteiger partial charge in [-0.1, -0.05) is 12.1 Å². The van der Waals surface area contributed by atoms with Crippen LogP contribution in [0.1, 0.15) is 12.5 Å². The van der Waals surface area contributed by atoms with Gasteiger partial charge < -0.3 is 9.30 Å². The van der Waals surface area contributed by atoms with E-state index in [1.807, 2.05) is 17.7 Å². The maximum absolute atomic E-state index is 5.32. The predicted molar refractivity (Wildman–Crippen MR) is 78.2 cm³/mol. The Hall–Kier alpha value is -2.14. The van der Waals surface area contributed by atoms with Gasteiger partial charge in [-0.3, -0.25) is 5.01 Å². The molecular formula is C15H18N4O. The average molecular weight is 270 g/mol. The van der Waals surface area contributed by atoms with Crippen LogP contribution in [0.4, 0.5) is 0 Å². The minimum atomic E-state index is 0.760. The molecule has 0 atom stereocenters. The number of morpholine rings is 1. The summed E-state index contributed by atoms with van der Waals surface area (Å²) < 4.78 is 7.31. The summed E-state index contributed by atoms with van der Waals surface area (Å²) in [7, 11) is 0. The molecule has 0 N–H and O–H groups in total. The van der Waals surface area contributed by atoms with Crippen LogP contribution in [-0.2, 0) is 4.74 Å². The minimum Gasteiger partial charge on any atom is -0.378 e. The molecule has 0 aliphatic carbocycles. The Bertz CT molecular complexity index is 568. The fourth-order valence-corrected chi connectivity index (χ4v) is 2.21. The van der Waals surface area contributed by atoms with E-state index in [2.05, 4.69) is 39.4 Å². The van der Waals surface area contributed by atoms with Crippen LogP contribution in [0.5, 0.6) is 0 Å². The second-order valence-electron chi connectivity index (χ2n) is 4.77. The van der Waals surface area contributed by atoms with Crippen LogP contribution in [0.25, 0.3) is 5.69 Å². The average Bonchev–Trinajstić information content (AvgIpc) is 3.03. The number of hydrogen-bond donors (Lipinski definition) is 0. The Morgan fingerprint density at radius 3 is 2.60 bits per heavy atom. The van der Waals surface area contributed by atoms with Crippen molar-refractivity contribution in [1.29, 1.82) is 0 Å². The van der Waals surface area contributed by atoms with E-state index in [1.54, 1.807) is 12.5 Å². The summed E-state index contributed by atoms with van der Waals surface area (Å²) in [6, 6.07) is 8.34. The largest absolute Gasteiger partial charge is 0.378 e. The number of benzene rings is 1. The predicted octanol–water partition coefficient (Wildman–Crippen LogP) is 1.93. The number of aromatic nitrogens is 2. The van der Waals surface area contributed by atoms with Crippen molar-refractivity contribution in [2.45, 2.75) is 6.92 Å². The maximum atomic E-state index is 5.32. The molecule has 0 amide bonds. The highest BCUT2D eigenvalue weighted by atomic mass is 16.5. The second kappa shape index (κ2) is 5.88. The molecule has 3 rings (SSSR count). The van der Waals surface area contributed by atoms with Gasteiger partial charge in [-0.25, -0.2) is 4.98 Å². The molecule has 0 saturated carbocycles. The van der Waals surface area contributed by atoms with Crippen molar-refractivity contribution in [1.82, 2.24) is 14.6 Å². The number of ether oxygens (including phenoxy) is 1. The van der Waals surface area contributed by atoms with Crippen molar-refractivity contribution >= 4 is 5.71 Å². The summed E-state index contributed by atoms with van der Waals surface area (Å²) in [5, 5.41) is 6.72. The zero-order chi connectivity index (χ0) is 13.8. The first-order valence-electron chi connectivity index (χ1n) is 6.79. The van der Waals surface area contributed by atoms with Crippen LogP contribution in [0, 0.1) is 0 Å². The van der Waals surface area contributed by atoms with E-state index in [1.165, 1.54) is 0 Å². The summed E-state index contributed by atoms with van der Waals surface area (Å²) in [6.07, 6.45) is 5.51. The summed E-state index contributed by atoms with van der Waals surface area (Å²) in [5.41, 5.74) is 3.27. The topological polar surface area (TPSA) is 42.6 Å². The molecule has 20 heavy (non-hydrogen) atoms. The van der Waals surface area contributed by atoms with Crippen LogP contribution in [0.2, 0.25) is 0 Å². The Balaban J connectivity index is 1.75. The van der Waals surface area contributed by atoms with E-state index < -0.39 is 0 Å². The molecule has 2 aromatic rings. The van der Waals surface area contributed by atoms with Crippen molar-refractivity contribution in [3.05, 3.63) is 48.5 Å². The van der Waals surface area contributed by atoms with Crippen molar-refractivity contribution < 1.29 is 4.74 Å². The van der Waals surface area contributed by atoms with Gasteiger partial charge in [0.05, 0.1) is 38.3 Å². The Morgan fingerprint density at radius 2 is 1.95 bits per heavy atom. The second-order valence-corrected chi connectivity index (χ2v) is 4.77. The first-order valence-corrected chi connectivity index (χ1v) is 6.79. The van der Waals surface area contributed by atoms with E-state index in [0.717, 1.165) is 43.3 Å². The smallest absolute Gasteiger partial charge is 0.0991 e. The number of hydrogen-bond acceptors (Lipinski definition) is 4. The molecule has 0 spiro atoms. The lowest BCUT2D eigenvalue weighted by molar-refractivity contribution is 0.0393. The third-order valence-corrected chi connectivity index (χ3v) is 3.37. The van der Waals surface area contributed by atoms with Gasteiger partial charge in [-0.2, -0.15) is 5.10 Å². The summed E-state index contributed by atoms with van der Waals surface area (Å²) in [5.74, 6) is 0. The SMILES string of the molecule is C/C(=N\N1CCOCC1)c1ccc(-n2ccnc2)cc1. The van der Waals surface area contributed by atoms with Crippen LogP contribution in [0.15, 0.2) is 48.1 Å². The van der Waals surface area contributed by atoms with Gasteiger partial charge in [0.2, 0.25) is 0 Å². The Kier molecular flexibility index (Phi) is 3.78. The number of nitrogens with zero attached hydrogens (tertiary/aromatic N) is 4. The Labute approximate surface area is 118 Å². The molecule has 0 bridgehead atoms. The molecule has 1 aromatic heterocycles. The van der Waals surface area contributed by atoms with Crippen LogP contribution in [0.3, 0.4) is 0 Å². The molecule has 1 aromatic carbocycles. The fourth-order valence-electron chi connectivity index (χ4n) is 2.21. The van der Waals surface area contributed by atoms with Crippen molar-refractivity contribution in [3.63, 3.8) is 0 Å². The molecule has 1 fully saturated rings. The van der Waals surface area contributed by atoms with Crippen molar-refractivity contribution in [3.8, 4) is 5.69 Å². The standard InChI is InChI=1S/C15H18N4O/c1-13(17-19-8-10-20-11-9-19)14-2-4-15(5-3-14)18-7-6-16-12-18/h2-7,12H,8-11H2,1H3/b17-13+. The van der Waals surface area contributed by atoms with Gasteiger partial charge in [0, 0.05) is 18.1 Å². The lowest BCUT2D eigenvalue weighted by Gasteiger charge is -2.24. The number of hydrazone groups is 1. The van der Waals surface area contributed by atoms with Crippen LogP contribution >= 0.6 is 0 Å². The van der Waals surface area contributed by atoms with Crippen molar-refractivity contribution in [2.24, 2.45) is 5.10 Å². The molecule has 1 aliphatic rings. The fraction of sp³-hybridized carbons (Fsp3) is 0.333. The van der Waals surface area contributed by atoms with Crippen LogP contribution in [-0.4, -0.2) is 46.6 Å². The third kappa shape index (κ3) is 2.88. The van der Waals surface area contributed by atoms with Gasteiger partial charge in [-0.15, -0.1) is 0 Å². The zero-order valence-electron chi connectivity index (χ0n) is 11.6. The van der Waals surface area contributed by atoms with Gasteiger partial charge in [0.1, 0.15) is 0 Å². The number of rotatable bonds is 3. The first kappa shape index (κ1) is 12.9. The normalized spacial score (nSPS) is 16.4. The highest BCUT2D eigenvalue weighted by Gasteiger charge is 2.08. The van der Waals surface area contributed by atoms with E-state index >= 15 is 0 Å². The van der Waals surface area contributed by atoms with Crippen LogP contribution < -0.4 is 0 Å². The molecule has 0 radical (unpaired) electrons. The molecule has 2 heterocycles. The molecule has 5 heteroatoms. The van der Waals surface area contributed by atoms with Gasteiger partial charge >= 0.3 is 0 Å². The van der Waals surface area contributed by atoms with Crippen molar-refractivity contribution in [2.75, 3.05) is 26.3 Å². The quantitative estimate of drug-likeness (QED) is 0.800. The van der Waals surface area contributed by atoms with E-state index in [0.29, 0.717) is 0 Å². The molecule has 0 unspecified atom stereocenters. The lowest BCUT2D eigenvalue weighted by Crippen LogP contribution is -2.33. The highest BCUT2D eigenvalue weighted by Crippen LogP contribution is 2.11. The van der Waals surface area contributed by atoms with E-state index in [4.69, 9.17) is 4.74 Å². The number of imidazole rings is 1. The molecule has 104 valence electrons. The maximum Gasteiger partial charge on any atom is 0.0991 e. The van der Waals surface area contributed by atoms with E-state index in [-0.39, 0.29) is 0 Å². The summed E-state index contributed by atoms with van der Waals surface area (Å²) >= 11 is 0. The summed E-state index contributed by atoms with van der Waals surface area (Å²) in [6.45, 7) is 5.29. The molecular weight excluding hydrogens is 252 g/mol. The molecule has 5 nitrogen and oxygen atoms in total. The monoisotopic (exact) mass is 270 g/mol. The van der Waals surface area contributed by atoms with Gasteiger partial charge in [0.25, 0.3) is 0 Å². The summed E-state index contributed by atoms with van der Waals surface area (Å²) in [4.78, 5) is 4.05. The first-order chi connectivity index (χ1) is 9.83. The molecule has 1 saturated heterocycles. The third-order valence-electron chi connectivity index (χ3n) is 3.37. The lowest BCUT2D eigenvalue weighted by atomic mass is 10.1. The molecule has 1 aliphatic heterocycles. The van der Waals surface area contributed by atoms with E-state index in [9.17, 15) is 0 Å². The van der Waals surface area contributed by atoms with Gasteiger partial charge in [0.15, 0.2) is 0 Å². The minimum absolute atomic E-state index is 0.760. The Morgan fingerprint density at radius 1 is 1.20 bits per heavy atom. The zero-order valence-corrected chi connectivity index (χ0v) is 11.6. The highest BCUT2D eigenvalue weighted by molar-refractivity contribution is 5.98. The van der Waals surface area contributed by atoms with Gasteiger partial charge in [-0.05, 0) is 24.6 Å².